The van der Waals surface area contributed by atoms with Crippen LogP contribution in [0.2, 0.25) is 0 Å². The second kappa shape index (κ2) is 10.3. The van der Waals surface area contributed by atoms with Crippen molar-refractivity contribution in [1.82, 2.24) is 9.55 Å². The number of rotatable bonds is 9. The number of benzene rings is 2. The van der Waals surface area contributed by atoms with E-state index in [0.717, 1.165) is 19.2 Å². The van der Waals surface area contributed by atoms with E-state index in [1.807, 2.05) is 4.98 Å². The molecule has 1 fully saturated rings. The molecule has 0 radical (unpaired) electrons. The lowest BCUT2D eigenvalue weighted by Gasteiger charge is -2.26. The van der Waals surface area contributed by atoms with Gasteiger partial charge in [0.25, 0.3) is 15.7 Å². The second-order valence-electron chi connectivity index (χ2n) is 8.10. The zero-order valence-corrected chi connectivity index (χ0v) is 20.7. The number of H-pyrrole nitrogens is 1. The first-order valence-corrected chi connectivity index (χ1v) is 13.5. The van der Waals surface area contributed by atoms with Crippen LogP contribution in [0.4, 0.5) is 4.39 Å². The number of ether oxygens (including phenoxy) is 1. The van der Waals surface area contributed by atoms with Crippen LogP contribution in [0.1, 0.15) is 13.2 Å². The SMILES string of the molecule is C[C@]1(F)C(n2ccc(=O)[nH]c2=O)OC(COS(=O)(=O)c2ccccc2)[C@H]1OOS(=O)(=O)c1ccccc1. The molecular weight excluding hydrogens is 535 g/mol. The van der Waals surface area contributed by atoms with Crippen LogP contribution < -0.4 is 11.2 Å². The molecule has 1 aliphatic heterocycles. The highest BCUT2D eigenvalue weighted by Crippen LogP contribution is 2.43. The maximum Gasteiger partial charge on any atom is 0.330 e. The number of hydrogen-bond donors (Lipinski definition) is 1. The topological polar surface area (TPSA) is 160 Å². The van der Waals surface area contributed by atoms with E-state index in [1.54, 1.807) is 12.1 Å². The van der Waals surface area contributed by atoms with Crippen molar-refractivity contribution >= 4 is 20.2 Å². The molecule has 1 saturated heterocycles. The monoisotopic (exact) mass is 556 g/mol. The van der Waals surface area contributed by atoms with E-state index in [1.165, 1.54) is 48.5 Å². The summed E-state index contributed by atoms with van der Waals surface area (Å²) in [7, 11) is -8.85. The first-order chi connectivity index (χ1) is 17.4. The van der Waals surface area contributed by atoms with Gasteiger partial charge in [0.05, 0.1) is 16.4 Å². The molecule has 1 N–H and O–H groups in total. The van der Waals surface area contributed by atoms with Gasteiger partial charge in [-0.25, -0.2) is 14.1 Å². The van der Waals surface area contributed by atoms with Gasteiger partial charge in [0.2, 0.25) is 0 Å². The van der Waals surface area contributed by atoms with Crippen molar-refractivity contribution in [2.45, 2.75) is 40.8 Å². The highest BCUT2D eigenvalue weighted by molar-refractivity contribution is 7.87. The molecule has 0 amide bonds. The van der Waals surface area contributed by atoms with E-state index in [4.69, 9.17) is 13.8 Å². The third-order valence-corrected chi connectivity index (χ3v) is 7.87. The number of halogens is 1. The lowest BCUT2D eigenvalue weighted by Crippen LogP contribution is -2.45. The minimum absolute atomic E-state index is 0.190. The van der Waals surface area contributed by atoms with Gasteiger partial charge in [-0.2, -0.15) is 16.8 Å². The number of aromatic amines is 1. The maximum atomic E-state index is 16.1. The standard InChI is InChI=1S/C22H21FN2O10S2/c1-22(23)19(34-35-37(30,31)16-10-6-3-7-11-16)17(14-32-36(28,29)15-8-4-2-5-9-15)33-20(22)25-13-12-18(26)24-21(25)27/h2-13,17,19-20H,14H2,1H3,(H,24,26,27)/t17?,19-,20?,22-/m1/s1. The van der Waals surface area contributed by atoms with Crippen LogP contribution in [0.3, 0.4) is 0 Å². The number of hydrogen-bond acceptors (Lipinski definition) is 10. The fourth-order valence-corrected chi connectivity index (χ4v) is 5.34. The van der Waals surface area contributed by atoms with Gasteiger partial charge < -0.3 is 4.74 Å². The van der Waals surface area contributed by atoms with E-state index >= 15 is 4.39 Å². The highest BCUT2D eigenvalue weighted by Gasteiger charge is 2.58. The molecule has 0 bridgehead atoms. The smallest absolute Gasteiger partial charge is 0.330 e. The van der Waals surface area contributed by atoms with Crippen molar-refractivity contribution in [2.75, 3.05) is 6.61 Å². The largest absolute Gasteiger partial charge is 0.346 e. The van der Waals surface area contributed by atoms with Crippen LogP contribution in [0, 0.1) is 0 Å². The molecule has 0 spiro atoms. The summed E-state index contributed by atoms with van der Waals surface area (Å²) in [5.41, 5.74) is -4.46. The first-order valence-electron chi connectivity index (χ1n) is 10.7. The molecule has 1 aromatic heterocycles. The lowest BCUT2D eigenvalue weighted by molar-refractivity contribution is -0.271. The number of nitrogens with zero attached hydrogens (tertiary/aromatic N) is 1. The van der Waals surface area contributed by atoms with Gasteiger partial charge in [0.15, 0.2) is 18.0 Å². The third-order valence-electron chi connectivity index (χ3n) is 5.47. The Bertz CT molecular complexity index is 1570. The molecule has 0 aliphatic carbocycles. The van der Waals surface area contributed by atoms with E-state index in [0.29, 0.717) is 4.57 Å². The third kappa shape index (κ3) is 5.71. The minimum atomic E-state index is -4.52. The van der Waals surface area contributed by atoms with Crippen molar-refractivity contribution in [1.29, 1.82) is 0 Å². The van der Waals surface area contributed by atoms with Crippen LogP contribution in [-0.2, 0) is 38.4 Å². The second-order valence-corrected chi connectivity index (χ2v) is 11.2. The Morgan fingerprint density at radius 2 is 1.51 bits per heavy atom. The molecule has 2 heterocycles. The molecule has 3 aromatic rings. The van der Waals surface area contributed by atoms with Gasteiger partial charge in [0, 0.05) is 12.3 Å². The van der Waals surface area contributed by atoms with Crippen LogP contribution in [-0.4, -0.2) is 50.9 Å². The molecule has 198 valence electrons. The summed E-state index contributed by atoms with van der Waals surface area (Å²) in [6, 6.07) is 14.9. The summed E-state index contributed by atoms with van der Waals surface area (Å²) in [5.74, 6) is 0. The fraction of sp³-hybridized carbons (Fsp3) is 0.273. The number of nitrogens with one attached hydrogen (secondary N) is 1. The Balaban J connectivity index is 1.63. The lowest BCUT2D eigenvalue weighted by atomic mass is 9.98. The zero-order chi connectivity index (χ0) is 26.8. The van der Waals surface area contributed by atoms with Crippen molar-refractivity contribution in [3.63, 3.8) is 0 Å². The molecule has 0 saturated carbocycles. The Labute approximate surface area is 210 Å². The van der Waals surface area contributed by atoms with Gasteiger partial charge >= 0.3 is 15.8 Å². The van der Waals surface area contributed by atoms with E-state index in [2.05, 4.69) is 4.33 Å². The quantitative estimate of drug-likeness (QED) is 0.231. The summed E-state index contributed by atoms with van der Waals surface area (Å²) in [6.45, 7) is 0.106. The van der Waals surface area contributed by atoms with Gasteiger partial charge in [-0.15, -0.1) is 4.33 Å². The summed E-state index contributed by atoms with van der Waals surface area (Å²) in [5, 5.41) is 0. The maximum absolute atomic E-state index is 16.1. The molecule has 4 atom stereocenters. The fourth-order valence-electron chi connectivity index (χ4n) is 3.64. The Kier molecular flexibility index (Phi) is 7.45. The summed E-state index contributed by atoms with van der Waals surface area (Å²) in [6.07, 6.45) is -4.30. The zero-order valence-electron chi connectivity index (χ0n) is 19.1. The normalized spacial score (nSPS) is 24.2. The molecule has 12 nitrogen and oxygen atoms in total. The van der Waals surface area contributed by atoms with Crippen molar-refractivity contribution in [3.8, 4) is 0 Å². The molecule has 2 unspecified atom stereocenters. The molecule has 15 heteroatoms. The summed E-state index contributed by atoms with van der Waals surface area (Å²) >= 11 is 0. The predicted molar refractivity (Wildman–Crippen MR) is 124 cm³/mol. The number of alkyl halides is 1. The predicted octanol–water partition coefficient (Wildman–Crippen LogP) is 1.27. The van der Waals surface area contributed by atoms with Crippen molar-refractivity contribution in [3.05, 3.63) is 93.8 Å². The van der Waals surface area contributed by atoms with Crippen LogP contribution in [0.5, 0.6) is 0 Å². The van der Waals surface area contributed by atoms with Crippen LogP contribution in [0.25, 0.3) is 0 Å². The van der Waals surface area contributed by atoms with Gasteiger partial charge in [-0.05, 0) is 31.2 Å². The van der Waals surface area contributed by atoms with Gasteiger partial charge in [-0.1, -0.05) is 36.4 Å². The average Bonchev–Trinajstić information content (AvgIpc) is 3.12. The molecule has 1 aliphatic rings. The molecule has 4 rings (SSSR count). The molecular formula is C22H21FN2O10S2. The molecule has 37 heavy (non-hydrogen) atoms. The number of aromatic nitrogens is 2. The first kappa shape index (κ1) is 26.8. The minimum Gasteiger partial charge on any atom is -0.346 e. The summed E-state index contributed by atoms with van der Waals surface area (Å²) < 4.78 is 82.2. The van der Waals surface area contributed by atoms with Crippen molar-refractivity contribution in [2.24, 2.45) is 0 Å². The summed E-state index contributed by atoms with van der Waals surface area (Å²) in [4.78, 5) is 30.2. The van der Waals surface area contributed by atoms with E-state index in [9.17, 15) is 26.4 Å². The van der Waals surface area contributed by atoms with Gasteiger partial charge in [-0.3, -0.25) is 18.5 Å². The van der Waals surface area contributed by atoms with Gasteiger partial charge in [0.1, 0.15) is 6.10 Å². The van der Waals surface area contributed by atoms with Crippen LogP contribution >= 0.6 is 0 Å². The molecule has 2 aromatic carbocycles. The van der Waals surface area contributed by atoms with E-state index < -0.39 is 62.2 Å². The Morgan fingerprint density at radius 1 is 0.946 bits per heavy atom. The Hall–Kier alpha value is -3.21. The van der Waals surface area contributed by atoms with Crippen molar-refractivity contribution < 1.29 is 39.4 Å². The highest BCUT2D eigenvalue weighted by atomic mass is 32.2. The van der Waals surface area contributed by atoms with Crippen LogP contribution in [0.15, 0.2) is 92.3 Å². The Morgan fingerprint density at radius 3 is 2.08 bits per heavy atom. The van der Waals surface area contributed by atoms with E-state index in [-0.39, 0.29) is 9.79 Å². The average molecular weight is 557 g/mol.